The summed E-state index contributed by atoms with van der Waals surface area (Å²) in [6, 6.07) is 7.93. The van der Waals surface area contributed by atoms with Gasteiger partial charge in [-0.1, -0.05) is 6.07 Å². The van der Waals surface area contributed by atoms with Gasteiger partial charge in [-0.05, 0) is 36.2 Å². The second kappa shape index (κ2) is 8.66. The van der Waals surface area contributed by atoms with E-state index in [9.17, 15) is 8.78 Å². The Balaban J connectivity index is 1.54. The Labute approximate surface area is 157 Å². The molecular formula is C19H23F2N5O. The first-order valence-corrected chi connectivity index (χ1v) is 8.75. The molecule has 2 heterocycles. The zero-order chi connectivity index (χ0) is 19.2. The number of nitrogens with one attached hydrogen (secondary N) is 2. The van der Waals surface area contributed by atoms with E-state index in [0.717, 1.165) is 12.0 Å². The molecule has 8 heteroatoms. The summed E-state index contributed by atoms with van der Waals surface area (Å²) in [6.07, 6.45) is 2.43. The number of halogens is 2. The summed E-state index contributed by atoms with van der Waals surface area (Å²) in [6.45, 7) is 1.77. The number of guanidine groups is 1. The number of rotatable bonds is 5. The van der Waals surface area contributed by atoms with Gasteiger partial charge in [-0.2, -0.15) is 0 Å². The molecule has 1 aliphatic heterocycles. The summed E-state index contributed by atoms with van der Waals surface area (Å²) >= 11 is 0. The Bertz CT molecular complexity index is 814. The molecule has 1 fully saturated rings. The largest absolute Gasteiger partial charge is 0.494 e. The molecule has 0 radical (unpaired) electrons. The second-order valence-corrected chi connectivity index (χ2v) is 6.28. The number of anilines is 1. The van der Waals surface area contributed by atoms with Crippen LogP contribution in [0.1, 0.15) is 12.0 Å². The molecule has 2 aromatic rings. The molecular weight excluding hydrogens is 352 g/mol. The van der Waals surface area contributed by atoms with Crippen LogP contribution in [-0.2, 0) is 6.54 Å². The number of methoxy groups -OCH3 is 1. The fourth-order valence-electron chi connectivity index (χ4n) is 3.07. The maximum atomic E-state index is 13.9. The zero-order valence-corrected chi connectivity index (χ0v) is 15.4. The molecule has 144 valence electrons. The lowest BCUT2D eigenvalue weighted by Gasteiger charge is -2.20. The van der Waals surface area contributed by atoms with Crippen molar-refractivity contribution in [2.24, 2.45) is 4.99 Å². The summed E-state index contributed by atoms with van der Waals surface area (Å²) in [5.74, 6) is 0.484. The van der Waals surface area contributed by atoms with Crippen molar-refractivity contribution in [3.05, 3.63) is 53.7 Å². The fourth-order valence-corrected chi connectivity index (χ4v) is 3.07. The van der Waals surface area contributed by atoms with E-state index in [4.69, 9.17) is 4.74 Å². The van der Waals surface area contributed by atoms with Crippen LogP contribution in [0.2, 0.25) is 0 Å². The molecule has 3 rings (SSSR count). The first-order valence-electron chi connectivity index (χ1n) is 8.75. The van der Waals surface area contributed by atoms with Crippen molar-refractivity contribution in [2.75, 3.05) is 32.1 Å². The van der Waals surface area contributed by atoms with Gasteiger partial charge in [0, 0.05) is 38.9 Å². The van der Waals surface area contributed by atoms with Gasteiger partial charge in [0.1, 0.15) is 0 Å². The molecule has 1 aliphatic rings. The second-order valence-electron chi connectivity index (χ2n) is 6.28. The van der Waals surface area contributed by atoms with Gasteiger partial charge in [0.15, 0.2) is 29.2 Å². The summed E-state index contributed by atoms with van der Waals surface area (Å²) < 4.78 is 32.6. The molecule has 1 saturated heterocycles. The lowest BCUT2D eigenvalue weighted by atomic mass is 10.2. The summed E-state index contributed by atoms with van der Waals surface area (Å²) in [5.41, 5.74) is 0.778. The van der Waals surface area contributed by atoms with Crippen LogP contribution < -0.4 is 20.3 Å². The van der Waals surface area contributed by atoms with Crippen molar-refractivity contribution in [3.63, 3.8) is 0 Å². The van der Waals surface area contributed by atoms with Crippen LogP contribution in [-0.4, -0.2) is 44.2 Å². The monoisotopic (exact) mass is 375 g/mol. The topological polar surface area (TPSA) is 61.8 Å². The normalized spacial score (nSPS) is 17.1. The number of ether oxygens (including phenoxy) is 1. The minimum Gasteiger partial charge on any atom is -0.494 e. The molecule has 27 heavy (non-hydrogen) atoms. The Morgan fingerprint density at radius 1 is 1.33 bits per heavy atom. The molecule has 1 aromatic carbocycles. The highest BCUT2D eigenvalue weighted by Gasteiger charge is 2.25. The zero-order valence-electron chi connectivity index (χ0n) is 15.4. The van der Waals surface area contributed by atoms with Gasteiger partial charge in [0.05, 0.1) is 7.11 Å². The van der Waals surface area contributed by atoms with Gasteiger partial charge in [0.2, 0.25) is 0 Å². The first kappa shape index (κ1) is 18.9. The van der Waals surface area contributed by atoms with E-state index >= 15 is 0 Å². The first-order chi connectivity index (χ1) is 13.1. The third-order valence-corrected chi connectivity index (χ3v) is 4.47. The number of pyridine rings is 1. The molecule has 0 saturated carbocycles. The van der Waals surface area contributed by atoms with Crippen molar-refractivity contribution >= 4 is 11.8 Å². The predicted molar refractivity (Wildman–Crippen MR) is 101 cm³/mol. The Hall–Kier alpha value is -2.90. The van der Waals surface area contributed by atoms with Gasteiger partial charge in [0.25, 0.3) is 0 Å². The summed E-state index contributed by atoms with van der Waals surface area (Å²) in [4.78, 5) is 10.2. The van der Waals surface area contributed by atoms with Crippen molar-refractivity contribution in [1.82, 2.24) is 15.6 Å². The highest BCUT2D eigenvalue weighted by Crippen LogP contribution is 2.21. The van der Waals surface area contributed by atoms with E-state index in [1.54, 1.807) is 31.4 Å². The van der Waals surface area contributed by atoms with Gasteiger partial charge >= 0.3 is 0 Å². The van der Waals surface area contributed by atoms with Crippen LogP contribution in [0.25, 0.3) is 0 Å². The SMILES string of the molecule is CN=C(NCc1ccc(OC)c(F)c1)NC1CCN(c2ncccc2F)C1. The lowest BCUT2D eigenvalue weighted by molar-refractivity contribution is 0.386. The standard InChI is InChI=1S/C19H23F2N5O/c1-22-19(24-11-13-5-6-17(27-2)16(21)10-13)25-14-7-9-26(12-14)18-15(20)4-3-8-23-18/h3-6,8,10,14H,7,9,11-12H2,1-2H3,(H2,22,24,25). The lowest BCUT2D eigenvalue weighted by Crippen LogP contribution is -2.44. The maximum Gasteiger partial charge on any atom is 0.191 e. The number of hydrogen-bond acceptors (Lipinski definition) is 4. The van der Waals surface area contributed by atoms with Crippen LogP contribution in [0.5, 0.6) is 5.75 Å². The predicted octanol–water partition coefficient (Wildman–Crippen LogP) is 2.31. The van der Waals surface area contributed by atoms with Crippen LogP contribution >= 0.6 is 0 Å². The van der Waals surface area contributed by atoms with Crippen molar-refractivity contribution in [3.8, 4) is 5.75 Å². The number of nitrogens with zero attached hydrogens (tertiary/aromatic N) is 3. The van der Waals surface area contributed by atoms with E-state index in [-0.39, 0.29) is 17.6 Å². The Morgan fingerprint density at radius 3 is 2.89 bits per heavy atom. The Kier molecular flexibility index (Phi) is 6.05. The number of benzene rings is 1. The van der Waals surface area contributed by atoms with E-state index < -0.39 is 5.82 Å². The number of aromatic nitrogens is 1. The average Bonchev–Trinajstić information content (AvgIpc) is 3.14. The molecule has 1 atom stereocenters. The molecule has 0 amide bonds. The molecule has 1 unspecified atom stereocenters. The van der Waals surface area contributed by atoms with Crippen molar-refractivity contribution in [1.29, 1.82) is 0 Å². The highest BCUT2D eigenvalue weighted by molar-refractivity contribution is 5.80. The van der Waals surface area contributed by atoms with Crippen molar-refractivity contribution in [2.45, 2.75) is 19.0 Å². The molecule has 0 bridgehead atoms. The van der Waals surface area contributed by atoms with E-state index in [1.165, 1.54) is 19.2 Å². The summed E-state index contributed by atoms with van der Waals surface area (Å²) in [5, 5.41) is 6.49. The van der Waals surface area contributed by atoms with Gasteiger partial charge in [-0.15, -0.1) is 0 Å². The molecule has 6 nitrogen and oxygen atoms in total. The molecule has 1 aromatic heterocycles. The van der Waals surface area contributed by atoms with Crippen LogP contribution in [0.15, 0.2) is 41.5 Å². The molecule has 0 spiro atoms. The smallest absolute Gasteiger partial charge is 0.191 e. The van der Waals surface area contributed by atoms with Gasteiger partial charge in [-0.25, -0.2) is 13.8 Å². The van der Waals surface area contributed by atoms with E-state index in [1.807, 2.05) is 4.90 Å². The third kappa shape index (κ3) is 4.64. The van der Waals surface area contributed by atoms with Crippen LogP contribution in [0, 0.1) is 11.6 Å². The summed E-state index contributed by atoms with van der Waals surface area (Å²) in [7, 11) is 3.11. The van der Waals surface area contributed by atoms with Crippen molar-refractivity contribution < 1.29 is 13.5 Å². The van der Waals surface area contributed by atoms with Crippen LogP contribution in [0.3, 0.4) is 0 Å². The highest BCUT2D eigenvalue weighted by atomic mass is 19.1. The molecule has 2 N–H and O–H groups in total. The van der Waals surface area contributed by atoms with E-state index in [2.05, 4.69) is 20.6 Å². The van der Waals surface area contributed by atoms with E-state index in [0.29, 0.717) is 31.4 Å². The third-order valence-electron chi connectivity index (χ3n) is 4.47. The minimum atomic E-state index is -0.399. The molecule has 0 aliphatic carbocycles. The van der Waals surface area contributed by atoms with Gasteiger partial charge in [-0.3, -0.25) is 4.99 Å². The quantitative estimate of drug-likeness (QED) is 0.620. The fraction of sp³-hybridized carbons (Fsp3) is 0.368. The maximum absolute atomic E-state index is 13.9. The average molecular weight is 375 g/mol. The van der Waals surface area contributed by atoms with Gasteiger partial charge < -0.3 is 20.3 Å². The number of hydrogen-bond donors (Lipinski definition) is 2. The Morgan fingerprint density at radius 2 is 2.19 bits per heavy atom. The van der Waals surface area contributed by atoms with Crippen LogP contribution in [0.4, 0.5) is 14.6 Å². The minimum absolute atomic E-state index is 0.116. The number of aliphatic imine (C=N–C) groups is 1.